The van der Waals surface area contributed by atoms with E-state index in [9.17, 15) is 0 Å². The van der Waals surface area contributed by atoms with Crippen LogP contribution in [0.4, 0.5) is 5.95 Å². The van der Waals surface area contributed by atoms with Crippen LogP contribution >= 0.6 is 11.8 Å². The first kappa shape index (κ1) is 12.0. The van der Waals surface area contributed by atoms with Crippen molar-refractivity contribution in [2.45, 2.75) is 29.8 Å². The molecule has 6 heteroatoms. The van der Waals surface area contributed by atoms with E-state index in [4.69, 9.17) is 10.5 Å². The Morgan fingerprint density at radius 3 is 2.75 bits per heavy atom. The molecule has 2 aromatic rings. The molecule has 1 saturated carbocycles. The number of benzene rings is 1. The Morgan fingerprint density at radius 1 is 1.10 bits per heavy atom. The highest BCUT2D eigenvalue weighted by Crippen LogP contribution is 2.41. The average Bonchev–Trinajstić information content (AvgIpc) is 3.31. The lowest BCUT2D eigenvalue weighted by Crippen LogP contribution is -2.19. The number of thioether (sulfide) groups is 1. The van der Waals surface area contributed by atoms with Crippen LogP contribution in [0.15, 0.2) is 29.2 Å². The van der Waals surface area contributed by atoms with Crippen LogP contribution in [0.5, 0.6) is 5.75 Å². The molecule has 1 aliphatic heterocycles. The second kappa shape index (κ2) is 4.63. The first-order valence-corrected chi connectivity index (χ1v) is 7.68. The first-order valence-electron chi connectivity index (χ1n) is 6.69. The van der Waals surface area contributed by atoms with E-state index in [-0.39, 0.29) is 6.10 Å². The van der Waals surface area contributed by atoms with Gasteiger partial charge in [0, 0.05) is 16.6 Å². The minimum absolute atomic E-state index is 0.155. The number of rotatable bonds is 2. The molecular weight excluding hydrogens is 272 g/mol. The van der Waals surface area contributed by atoms with E-state index in [1.165, 1.54) is 0 Å². The molecule has 5 nitrogen and oxygen atoms in total. The Kier molecular flexibility index (Phi) is 2.77. The van der Waals surface area contributed by atoms with Crippen LogP contribution in [-0.4, -0.2) is 20.7 Å². The summed E-state index contributed by atoms with van der Waals surface area (Å²) < 4.78 is 6.00. The van der Waals surface area contributed by atoms with Gasteiger partial charge in [0.25, 0.3) is 0 Å². The Labute approximate surface area is 121 Å². The number of fused-ring (bicyclic) bond motifs is 1. The fourth-order valence-electron chi connectivity index (χ4n) is 2.24. The molecule has 1 unspecified atom stereocenters. The molecule has 0 amide bonds. The molecule has 0 bridgehead atoms. The van der Waals surface area contributed by atoms with Crippen molar-refractivity contribution in [3.8, 4) is 5.75 Å². The number of nitrogens with two attached hydrogens (primary N) is 1. The maximum absolute atomic E-state index is 6.00. The summed E-state index contributed by atoms with van der Waals surface area (Å²) in [6.07, 6.45) is 2.13. The number of hydrogen-bond donors (Lipinski definition) is 1. The van der Waals surface area contributed by atoms with E-state index in [1.54, 1.807) is 11.8 Å². The summed E-state index contributed by atoms with van der Waals surface area (Å²) in [4.78, 5) is 14.2. The van der Waals surface area contributed by atoms with Crippen LogP contribution in [-0.2, 0) is 0 Å². The Hall–Kier alpha value is -1.82. The van der Waals surface area contributed by atoms with Crippen molar-refractivity contribution in [3.05, 3.63) is 35.9 Å². The smallest absolute Gasteiger partial charge is 0.223 e. The van der Waals surface area contributed by atoms with Gasteiger partial charge in [-0.15, -0.1) is 11.8 Å². The van der Waals surface area contributed by atoms with Gasteiger partial charge in [-0.2, -0.15) is 9.97 Å². The quantitative estimate of drug-likeness (QED) is 0.914. The lowest BCUT2D eigenvalue weighted by atomic mass is 10.3. The highest BCUT2D eigenvalue weighted by Gasteiger charge is 2.30. The normalized spacial score (nSPS) is 21.1. The molecule has 20 heavy (non-hydrogen) atoms. The summed E-state index contributed by atoms with van der Waals surface area (Å²) in [5.41, 5.74) is 5.80. The zero-order valence-electron chi connectivity index (χ0n) is 10.8. The zero-order valence-corrected chi connectivity index (χ0v) is 11.6. The SMILES string of the molecule is Nc1nc(C2CC2)nc(C2CSc3ccccc3O2)n1. The fourth-order valence-corrected chi connectivity index (χ4v) is 3.22. The molecule has 2 aliphatic rings. The number of nitrogen functional groups attached to an aromatic ring is 1. The summed E-state index contributed by atoms with van der Waals surface area (Å²) in [7, 11) is 0. The molecule has 0 spiro atoms. The Morgan fingerprint density at radius 2 is 1.90 bits per heavy atom. The van der Waals surface area contributed by atoms with Crippen LogP contribution in [0.2, 0.25) is 0 Å². The van der Waals surface area contributed by atoms with E-state index >= 15 is 0 Å². The Balaban J connectivity index is 1.65. The molecule has 1 aromatic carbocycles. The lowest BCUT2D eigenvalue weighted by Gasteiger charge is -2.24. The van der Waals surface area contributed by atoms with Crippen LogP contribution < -0.4 is 10.5 Å². The van der Waals surface area contributed by atoms with Crippen molar-refractivity contribution in [2.75, 3.05) is 11.5 Å². The Bertz CT molecular complexity index is 659. The monoisotopic (exact) mass is 286 g/mol. The van der Waals surface area contributed by atoms with E-state index in [2.05, 4.69) is 21.0 Å². The molecule has 0 saturated heterocycles. The molecule has 4 rings (SSSR count). The van der Waals surface area contributed by atoms with Crippen molar-refractivity contribution >= 4 is 17.7 Å². The minimum Gasteiger partial charge on any atom is -0.480 e. The maximum atomic E-state index is 6.00. The summed E-state index contributed by atoms with van der Waals surface area (Å²) >= 11 is 1.76. The van der Waals surface area contributed by atoms with E-state index in [0.717, 1.165) is 35.1 Å². The standard InChI is InChI=1S/C14H14N4OS/c15-14-17-12(8-5-6-8)16-13(18-14)10-7-20-11-4-2-1-3-9(11)19-10/h1-4,8,10H,5-7H2,(H2,15,16,17,18). The van der Waals surface area contributed by atoms with Crippen molar-refractivity contribution in [1.82, 2.24) is 15.0 Å². The van der Waals surface area contributed by atoms with Crippen molar-refractivity contribution in [2.24, 2.45) is 0 Å². The van der Waals surface area contributed by atoms with E-state index in [0.29, 0.717) is 17.7 Å². The third kappa shape index (κ3) is 2.20. The van der Waals surface area contributed by atoms with Crippen molar-refractivity contribution < 1.29 is 4.74 Å². The van der Waals surface area contributed by atoms with Gasteiger partial charge in [-0.25, -0.2) is 4.98 Å². The van der Waals surface area contributed by atoms with Gasteiger partial charge in [-0.05, 0) is 25.0 Å². The minimum atomic E-state index is -0.155. The topological polar surface area (TPSA) is 73.9 Å². The number of anilines is 1. The highest BCUT2D eigenvalue weighted by atomic mass is 32.2. The predicted octanol–water partition coefficient (Wildman–Crippen LogP) is 2.56. The summed E-state index contributed by atoms with van der Waals surface area (Å²) in [5, 5.41) is 0. The number of hydrogen-bond acceptors (Lipinski definition) is 6. The summed E-state index contributed by atoms with van der Waals surface area (Å²) in [5.74, 6) is 3.92. The second-order valence-electron chi connectivity index (χ2n) is 5.05. The van der Waals surface area contributed by atoms with E-state index in [1.807, 2.05) is 18.2 Å². The molecule has 1 aromatic heterocycles. The van der Waals surface area contributed by atoms with Crippen LogP contribution in [0, 0.1) is 0 Å². The van der Waals surface area contributed by atoms with Crippen molar-refractivity contribution in [1.29, 1.82) is 0 Å². The molecule has 1 atom stereocenters. The lowest BCUT2D eigenvalue weighted by molar-refractivity contribution is 0.209. The molecule has 1 fully saturated rings. The van der Waals surface area contributed by atoms with Gasteiger partial charge in [-0.3, -0.25) is 0 Å². The zero-order chi connectivity index (χ0) is 13.5. The van der Waals surface area contributed by atoms with Gasteiger partial charge in [0.15, 0.2) is 11.9 Å². The number of para-hydroxylation sites is 1. The molecule has 1 aliphatic carbocycles. The molecule has 2 N–H and O–H groups in total. The van der Waals surface area contributed by atoms with Crippen LogP contribution in [0.25, 0.3) is 0 Å². The maximum Gasteiger partial charge on any atom is 0.223 e. The van der Waals surface area contributed by atoms with Crippen LogP contribution in [0.3, 0.4) is 0 Å². The van der Waals surface area contributed by atoms with Crippen LogP contribution in [0.1, 0.15) is 36.5 Å². The third-order valence-electron chi connectivity index (χ3n) is 3.43. The number of ether oxygens (including phenoxy) is 1. The molecule has 2 heterocycles. The first-order chi connectivity index (χ1) is 9.79. The summed E-state index contributed by atoms with van der Waals surface area (Å²) in [6.45, 7) is 0. The average molecular weight is 286 g/mol. The number of aromatic nitrogens is 3. The van der Waals surface area contributed by atoms with E-state index < -0.39 is 0 Å². The summed E-state index contributed by atoms with van der Waals surface area (Å²) in [6, 6.07) is 8.02. The second-order valence-corrected chi connectivity index (χ2v) is 6.11. The molecule has 0 radical (unpaired) electrons. The van der Waals surface area contributed by atoms with Gasteiger partial charge in [-0.1, -0.05) is 12.1 Å². The third-order valence-corrected chi connectivity index (χ3v) is 4.54. The molecular formula is C14H14N4OS. The van der Waals surface area contributed by atoms with Crippen molar-refractivity contribution in [3.63, 3.8) is 0 Å². The van der Waals surface area contributed by atoms with Gasteiger partial charge >= 0.3 is 0 Å². The van der Waals surface area contributed by atoms with Gasteiger partial charge < -0.3 is 10.5 Å². The molecule has 102 valence electrons. The fraction of sp³-hybridized carbons (Fsp3) is 0.357. The number of nitrogens with zero attached hydrogens (tertiary/aromatic N) is 3. The van der Waals surface area contributed by atoms with Gasteiger partial charge in [0.1, 0.15) is 11.6 Å². The largest absolute Gasteiger partial charge is 0.480 e. The van der Waals surface area contributed by atoms with Gasteiger partial charge in [0.05, 0.1) is 0 Å². The van der Waals surface area contributed by atoms with Gasteiger partial charge in [0.2, 0.25) is 5.95 Å². The predicted molar refractivity (Wildman–Crippen MR) is 76.7 cm³/mol. The highest BCUT2D eigenvalue weighted by molar-refractivity contribution is 7.99.